The second-order valence-electron chi connectivity index (χ2n) is 27.8. The van der Waals surface area contributed by atoms with E-state index >= 15 is 0 Å². The van der Waals surface area contributed by atoms with Crippen LogP contribution in [-0.2, 0) is 52.9 Å². The number of benzene rings is 3. The lowest BCUT2D eigenvalue weighted by atomic mass is 9.83. The minimum Gasteiger partial charge on any atom is -0.478 e. The van der Waals surface area contributed by atoms with E-state index in [1.54, 1.807) is 50.5 Å². The first-order valence-electron chi connectivity index (χ1n) is 36.1. The van der Waals surface area contributed by atoms with Gasteiger partial charge in [-0.15, -0.1) is 0 Å². The number of ether oxygens (including phenoxy) is 3. The predicted molar refractivity (Wildman–Crippen MR) is 394 cm³/mol. The second kappa shape index (κ2) is 39.9. The highest BCUT2D eigenvalue weighted by atomic mass is 32.2. The van der Waals surface area contributed by atoms with Crippen LogP contribution in [0.15, 0.2) is 78.9 Å². The Kier molecular flexibility index (Phi) is 33.0. The minimum atomic E-state index is -4.91. The summed E-state index contributed by atoms with van der Waals surface area (Å²) in [6.45, 7) is 9.85. The fraction of sp³-hybridized carbons (Fsp3) is 0.592. The lowest BCUT2D eigenvalue weighted by Crippen LogP contribution is -2.47. The quantitative estimate of drug-likeness (QED) is 0.00685. The molecule has 0 aliphatic carbocycles. The van der Waals surface area contributed by atoms with E-state index in [1.165, 1.54) is 89.2 Å². The summed E-state index contributed by atoms with van der Waals surface area (Å²) >= 11 is 0. The van der Waals surface area contributed by atoms with Crippen LogP contribution in [0, 0.1) is 0 Å². The Labute approximate surface area is 593 Å². The number of esters is 2. The molecule has 6 rings (SSSR count). The molecule has 2 atom stereocenters. The average Bonchev–Trinajstić information content (AvgIpc) is 0.719. The van der Waals surface area contributed by atoms with Crippen LogP contribution in [0.25, 0.3) is 16.7 Å². The summed E-state index contributed by atoms with van der Waals surface area (Å²) in [5, 5.41) is 14.4. The van der Waals surface area contributed by atoms with E-state index in [4.69, 9.17) is 23.3 Å². The van der Waals surface area contributed by atoms with Crippen LogP contribution < -0.4 is 30.1 Å². The number of carboxylic acids is 1. The first-order valence-corrected chi connectivity index (χ1v) is 40.8. The molecule has 1 unspecified atom stereocenters. The molecule has 0 radical (unpaired) electrons. The average molecular weight is 1450 g/mol. The van der Waals surface area contributed by atoms with Crippen LogP contribution in [0.3, 0.4) is 0 Å². The Hall–Kier alpha value is -6.30. The number of carbonyl (C=O) groups excluding carboxylic acids is 3. The highest BCUT2D eigenvalue weighted by Gasteiger charge is 2.38. The zero-order chi connectivity index (χ0) is 73.1. The van der Waals surface area contributed by atoms with Gasteiger partial charge in [-0.2, -0.15) is 16.8 Å². The number of phosphoric ester groups is 1. The van der Waals surface area contributed by atoms with Crippen LogP contribution in [0.5, 0.6) is 11.5 Å². The van der Waals surface area contributed by atoms with Crippen molar-refractivity contribution in [1.29, 1.82) is 0 Å². The molecule has 3 aromatic rings. The largest absolute Gasteiger partial charge is 0.478 e. The van der Waals surface area contributed by atoms with Crippen molar-refractivity contribution in [3.63, 3.8) is 0 Å². The van der Waals surface area contributed by atoms with Crippen molar-refractivity contribution in [3.05, 3.63) is 123 Å². The summed E-state index contributed by atoms with van der Waals surface area (Å²) in [6, 6.07) is 10.6. The molecule has 3 heterocycles. The number of likely N-dealkylation sites (N-methyl/N-ethyl adjacent to an activating group) is 2. The highest BCUT2D eigenvalue weighted by molar-refractivity contribution is 7.86. The molecule has 0 saturated carbocycles. The number of allylic oxidation sites excluding steroid dienone is 4. The van der Waals surface area contributed by atoms with Crippen LogP contribution in [0.2, 0.25) is 0 Å². The summed E-state index contributed by atoms with van der Waals surface area (Å²) < 4.78 is 114. The number of fused-ring (bicyclic) bond motifs is 4. The second-order valence-corrected chi connectivity index (χ2v) is 32.2. The van der Waals surface area contributed by atoms with E-state index in [0.29, 0.717) is 35.0 Å². The van der Waals surface area contributed by atoms with Crippen molar-refractivity contribution in [2.24, 2.45) is 0 Å². The summed E-state index contributed by atoms with van der Waals surface area (Å²) in [5.41, 5.74) is 0.321. The fourth-order valence-electron chi connectivity index (χ4n) is 12.8. The lowest BCUT2D eigenvalue weighted by molar-refractivity contribution is -0.161. The highest BCUT2D eigenvalue weighted by Crippen LogP contribution is 2.47. The molecule has 5 N–H and O–H groups in total. The number of nitrogens with one attached hydrogen (secondary N) is 1. The standard InChI is InChI=1S/C76H110N3O18PS2/c1-9-11-13-15-17-19-21-23-25-27-29-31-33-35-37-39-70(80)93-52-59(96-71(81)40-38-36-34-32-30-28-26-24-22-20-18-16-14-12-10-2)53-95-98(85,86)94-44-43-77-73(82)56-41-42-60(63(45-56)74(83)84)72-64-46-61-57(54-99(87,88)89)50-75(3,4)78(7)66(61)48-68(64)97-69-49-67-62(47-65(69)72)58(55-100(90,91)92)51-76(5,6)79(67)8/h23-26,41-42,45-51,59H,9-22,27-40,43-44,52-55H2,1-8H3,(H4-,77,82,83,84,85,86,87,88,89,90,91,92)/p+1/b25-23-,26-24-/t59-/m1/s1. The number of rotatable bonds is 47. The van der Waals surface area contributed by atoms with E-state index in [1.807, 2.05) is 37.2 Å². The van der Waals surface area contributed by atoms with Crippen molar-refractivity contribution in [1.82, 2.24) is 9.89 Å². The maximum atomic E-state index is 13.9. The first kappa shape index (κ1) is 82.7. The van der Waals surface area contributed by atoms with Gasteiger partial charge in [0.2, 0.25) is 5.36 Å². The van der Waals surface area contributed by atoms with Gasteiger partial charge < -0.3 is 34.4 Å². The van der Waals surface area contributed by atoms with Gasteiger partial charge in [0.05, 0.1) is 35.9 Å². The molecule has 24 heteroatoms. The molecule has 1 amide bonds. The number of anilines is 1. The van der Waals surface area contributed by atoms with Crippen molar-refractivity contribution in [2.45, 2.75) is 239 Å². The Balaban J connectivity index is 1.12. The molecule has 0 spiro atoms. The van der Waals surface area contributed by atoms with Gasteiger partial charge in [-0.1, -0.05) is 153 Å². The predicted octanol–water partition coefficient (Wildman–Crippen LogP) is 14.8. The molecule has 0 saturated heterocycles. The number of hydrogen-bond donors (Lipinski definition) is 5. The van der Waals surface area contributed by atoms with Gasteiger partial charge in [0, 0.05) is 79.5 Å². The fourth-order valence-corrected chi connectivity index (χ4v) is 14.8. The number of carboxylic acid groups (broad SMARTS) is 1. The van der Waals surface area contributed by atoms with Crippen LogP contribution in [0.4, 0.5) is 5.69 Å². The molecule has 100 heavy (non-hydrogen) atoms. The molecule has 3 aromatic carbocycles. The topological polar surface area (TPSA) is 299 Å². The maximum absolute atomic E-state index is 13.9. The van der Waals surface area contributed by atoms with E-state index in [-0.39, 0.29) is 75.1 Å². The SMILES string of the molecule is CCCCCCCC/C=C\CCCCCCCC(=O)OC[C@H](COP(=O)(O)OCCNC(=O)c1ccc(C2=c3cc4c(cc3Oc3cc5c(cc32)C(CS(=O)(=O)O)=CC(C)(C)N5C)=[N+](C)C(C)(C)C=C4CS(=O)(=O)O)c(C(=O)O)c1)OC(=O)CCCCCCC/C=C\CCCCCCCC. The van der Waals surface area contributed by atoms with Gasteiger partial charge >= 0.3 is 25.7 Å². The third-order valence-corrected chi connectivity index (χ3v) is 21.0. The van der Waals surface area contributed by atoms with Crippen molar-refractivity contribution >= 4 is 74.3 Å². The first-order chi connectivity index (χ1) is 47.4. The maximum Gasteiger partial charge on any atom is 0.472 e. The van der Waals surface area contributed by atoms with Gasteiger partial charge in [-0.3, -0.25) is 32.5 Å². The molecule has 21 nitrogen and oxygen atoms in total. The zero-order valence-electron chi connectivity index (χ0n) is 60.3. The van der Waals surface area contributed by atoms with Gasteiger partial charge in [0.1, 0.15) is 36.7 Å². The number of phosphoric acid groups is 1. The van der Waals surface area contributed by atoms with E-state index in [2.05, 4.69) is 43.5 Å². The molecular formula is C76H111N3O18PS2+. The lowest BCUT2D eigenvalue weighted by Gasteiger charge is -2.41. The van der Waals surface area contributed by atoms with Crippen LogP contribution in [0.1, 0.15) is 264 Å². The number of unbranched alkanes of at least 4 members (excludes halogenated alkanes) is 22. The Morgan fingerprint density at radius 2 is 1.15 bits per heavy atom. The number of hydrogen-bond acceptors (Lipinski definition) is 15. The Morgan fingerprint density at radius 1 is 0.630 bits per heavy atom. The molecule has 0 aromatic heterocycles. The number of nitrogens with zero attached hydrogens (tertiary/aromatic N) is 2. The van der Waals surface area contributed by atoms with Gasteiger partial charge in [-0.05, 0) is 125 Å². The summed E-state index contributed by atoms with van der Waals surface area (Å²) in [6.07, 6.45) is 40.0. The molecule has 0 bridgehead atoms. The van der Waals surface area contributed by atoms with Gasteiger partial charge in [-0.25, -0.2) is 13.9 Å². The summed E-state index contributed by atoms with van der Waals surface area (Å²) in [5.74, 6) is -4.41. The molecule has 554 valence electrons. The van der Waals surface area contributed by atoms with Crippen molar-refractivity contribution < 1.29 is 82.9 Å². The van der Waals surface area contributed by atoms with Crippen LogP contribution in [-0.4, -0.2) is 129 Å². The number of carbonyl (C=O) groups is 4. The number of aromatic carboxylic acids is 1. The van der Waals surface area contributed by atoms with Gasteiger partial charge in [0.15, 0.2) is 11.6 Å². The van der Waals surface area contributed by atoms with Gasteiger partial charge in [0.25, 0.3) is 26.1 Å². The molecular weight excluding hydrogens is 1340 g/mol. The van der Waals surface area contributed by atoms with Crippen molar-refractivity contribution in [2.75, 3.05) is 56.9 Å². The zero-order valence-corrected chi connectivity index (χ0v) is 62.8. The number of amides is 1. The summed E-state index contributed by atoms with van der Waals surface area (Å²) in [4.78, 5) is 66.2. The molecule has 3 aliphatic heterocycles. The monoisotopic (exact) mass is 1450 g/mol. The third kappa shape index (κ3) is 26.8. The van der Waals surface area contributed by atoms with E-state index in [9.17, 15) is 59.7 Å². The smallest absolute Gasteiger partial charge is 0.472 e. The minimum absolute atomic E-state index is 0.0614. The van der Waals surface area contributed by atoms with E-state index in [0.717, 1.165) is 83.1 Å². The normalized spacial score (nSPS) is 15.7. The molecule has 3 aliphatic rings. The van der Waals surface area contributed by atoms with Crippen LogP contribution >= 0.6 is 7.82 Å². The van der Waals surface area contributed by atoms with Crippen molar-refractivity contribution in [3.8, 4) is 11.5 Å². The third-order valence-electron chi connectivity index (χ3n) is 18.7. The Bertz CT molecular complexity index is 3840. The van der Waals surface area contributed by atoms with E-state index < -0.39 is 100 Å². The Morgan fingerprint density at radius 3 is 1.69 bits per heavy atom. The summed E-state index contributed by atoms with van der Waals surface area (Å²) in [7, 11) is -10.5. The molecule has 0 fully saturated rings.